The molecule has 0 aromatic heterocycles. The fourth-order valence-electron chi connectivity index (χ4n) is 4.43. The molecular weight excluding hydrogens is 452 g/mol. The minimum atomic E-state index is -0.576. The number of nitrogens with one attached hydrogen (secondary N) is 1. The van der Waals surface area contributed by atoms with E-state index in [9.17, 15) is 9.59 Å². The molecule has 0 radical (unpaired) electrons. The van der Waals surface area contributed by atoms with Gasteiger partial charge >= 0.3 is 0 Å². The van der Waals surface area contributed by atoms with Gasteiger partial charge < -0.3 is 19.7 Å². The number of carbonyl (C=O) groups is 2. The van der Waals surface area contributed by atoms with Crippen molar-refractivity contribution in [2.24, 2.45) is 0 Å². The van der Waals surface area contributed by atoms with Crippen LogP contribution in [-0.4, -0.2) is 42.5 Å². The number of nitrogens with zero attached hydrogens (tertiary/aromatic N) is 1. The molecule has 0 saturated heterocycles. The maximum absolute atomic E-state index is 13.4. The van der Waals surface area contributed by atoms with Gasteiger partial charge in [0.2, 0.25) is 5.91 Å². The van der Waals surface area contributed by atoms with E-state index in [4.69, 9.17) is 21.1 Å². The van der Waals surface area contributed by atoms with E-state index in [0.717, 1.165) is 48.1 Å². The summed E-state index contributed by atoms with van der Waals surface area (Å²) in [5, 5.41) is 3.85. The van der Waals surface area contributed by atoms with Crippen LogP contribution in [0.2, 0.25) is 5.02 Å². The van der Waals surface area contributed by atoms with Crippen LogP contribution in [0.1, 0.15) is 55.7 Å². The van der Waals surface area contributed by atoms with Gasteiger partial charge in [-0.25, -0.2) is 0 Å². The molecule has 0 bridgehead atoms. The average Bonchev–Trinajstić information content (AvgIpc) is 3.34. The molecule has 1 aliphatic carbocycles. The minimum absolute atomic E-state index is 0.102. The zero-order chi connectivity index (χ0) is 24.7. The van der Waals surface area contributed by atoms with E-state index in [1.807, 2.05) is 57.2 Å². The van der Waals surface area contributed by atoms with Crippen molar-refractivity contribution in [1.29, 1.82) is 0 Å². The molecule has 1 saturated carbocycles. The molecule has 7 heteroatoms. The van der Waals surface area contributed by atoms with Gasteiger partial charge in [-0.05, 0) is 74.1 Å². The van der Waals surface area contributed by atoms with E-state index in [1.165, 1.54) is 0 Å². The molecule has 0 unspecified atom stereocenters. The summed E-state index contributed by atoms with van der Waals surface area (Å²) in [5.74, 6) is 0.981. The number of hydrogen-bond acceptors (Lipinski definition) is 4. The lowest BCUT2D eigenvalue weighted by molar-refractivity contribution is -0.143. The smallest absolute Gasteiger partial charge is 0.261 e. The highest BCUT2D eigenvalue weighted by Gasteiger charge is 2.31. The number of rotatable bonds is 10. The summed E-state index contributed by atoms with van der Waals surface area (Å²) in [7, 11) is 1.61. The van der Waals surface area contributed by atoms with E-state index in [-0.39, 0.29) is 24.5 Å². The fraction of sp³-hybridized carbons (Fsp3) is 0.481. The van der Waals surface area contributed by atoms with Crippen LogP contribution < -0.4 is 14.8 Å². The maximum Gasteiger partial charge on any atom is 0.261 e. The Bertz CT molecular complexity index is 964. The molecule has 1 atom stereocenters. The van der Waals surface area contributed by atoms with Crippen molar-refractivity contribution in [2.75, 3.05) is 13.7 Å². The Morgan fingerprint density at radius 1 is 1.09 bits per heavy atom. The van der Waals surface area contributed by atoms with Crippen LogP contribution in [0.3, 0.4) is 0 Å². The predicted molar refractivity (Wildman–Crippen MR) is 134 cm³/mol. The molecule has 0 aliphatic heterocycles. The van der Waals surface area contributed by atoms with Crippen molar-refractivity contribution in [3.8, 4) is 11.5 Å². The van der Waals surface area contributed by atoms with E-state index in [1.54, 1.807) is 12.0 Å². The predicted octanol–water partition coefficient (Wildman–Crippen LogP) is 5.21. The summed E-state index contributed by atoms with van der Waals surface area (Å²) in [6.45, 7) is 5.88. The Labute approximate surface area is 207 Å². The first-order valence-corrected chi connectivity index (χ1v) is 12.3. The Kier molecular flexibility index (Phi) is 9.22. The topological polar surface area (TPSA) is 67.9 Å². The Morgan fingerprint density at radius 3 is 2.26 bits per heavy atom. The molecule has 184 valence electrons. The molecule has 6 nitrogen and oxygen atoms in total. The minimum Gasteiger partial charge on any atom is -0.497 e. The molecule has 0 spiro atoms. The van der Waals surface area contributed by atoms with Gasteiger partial charge in [-0.2, -0.15) is 0 Å². The molecule has 2 aromatic rings. The summed E-state index contributed by atoms with van der Waals surface area (Å²) in [6.07, 6.45) is 4.76. The van der Waals surface area contributed by atoms with Gasteiger partial charge in [0.15, 0.2) is 6.61 Å². The van der Waals surface area contributed by atoms with Gasteiger partial charge in [0.25, 0.3) is 5.91 Å². The lowest BCUT2D eigenvalue weighted by Gasteiger charge is -2.31. The number of carbonyl (C=O) groups excluding carboxylic acids is 2. The van der Waals surface area contributed by atoms with Crippen molar-refractivity contribution >= 4 is 23.4 Å². The number of benzene rings is 2. The van der Waals surface area contributed by atoms with Crippen LogP contribution in [-0.2, 0) is 16.1 Å². The summed E-state index contributed by atoms with van der Waals surface area (Å²) >= 11 is 6.26. The highest BCUT2D eigenvalue weighted by Crippen LogP contribution is 2.26. The summed E-state index contributed by atoms with van der Waals surface area (Å²) in [4.78, 5) is 28.2. The van der Waals surface area contributed by atoms with Gasteiger partial charge in [0.1, 0.15) is 17.5 Å². The normalized spacial score (nSPS) is 14.5. The van der Waals surface area contributed by atoms with Gasteiger partial charge in [0, 0.05) is 17.6 Å². The van der Waals surface area contributed by atoms with Gasteiger partial charge in [-0.15, -0.1) is 0 Å². The lowest BCUT2D eigenvalue weighted by atomic mass is 10.1. The Morgan fingerprint density at radius 2 is 1.71 bits per heavy atom. The molecule has 1 fully saturated rings. The first-order valence-electron chi connectivity index (χ1n) is 11.9. The Balaban J connectivity index is 1.78. The van der Waals surface area contributed by atoms with E-state index >= 15 is 0 Å². The molecule has 2 aromatic carbocycles. The molecule has 1 aliphatic rings. The van der Waals surface area contributed by atoms with Gasteiger partial charge in [0.05, 0.1) is 7.11 Å². The number of hydrogen-bond donors (Lipinski definition) is 1. The Hall–Kier alpha value is -2.73. The lowest BCUT2D eigenvalue weighted by Crippen LogP contribution is -2.52. The number of halogens is 1. The second-order valence-corrected chi connectivity index (χ2v) is 9.32. The van der Waals surface area contributed by atoms with E-state index in [2.05, 4.69) is 5.32 Å². The quantitative estimate of drug-likeness (QED) is 0.500. The second kappa shape index (κ2) is 12.1. The SMILES string of the molecule is CC[C@@H](C(=O)NC1CCCC1)N(Cc1ccc(OC)cc1)C(=O)COc1cc(C)c(Cl)c(C)c1. The van der Waals surface area contributed by atoms with Crippen molar-refractivity contribution < 1.29 is 19.1 Å². The van der Waals surface area contributed by atoms with Crippen molar-refractivity contribution in [3.05, 3.63) is 58.1 Å². The molecule has 0 heterocycles. The van der Waals surface area contributed by atoms with Crippen LogP contribution in [0.15, 0.2) is 36.4 Å². The third-order valence-corrected chi connectivity index (χ3v) is 6.97. The largest absolute Gasteiger partial charge is 0.497 e. The molecule has 3 rings (SSSR count). The number of aryl methyl sites for hydroxylation is 2. The maximum atomic E-state index is 13.4. The zero-order valence-electron chi connectivity index (χ0n) is 20.5. The highest BCUT2D eigenvalue weighted by atomic mass is 35.5. The molecule has 34 heavy (non-hydrogen) atoms. The van der Waals surface area contributed by atoms with Crippen molar-refractivity contribution in [1.82, 2.24) is 10.2 Å². The summed E-state index contributed by atoms with van der Waals surface area (Å²) in [6, 6.07) is 10.8. The van der Waals surface area contributed by atoms with Crippen LogP contribution in [0.4, 0.5) is 0 Å². The standard InChI is InChI=1S/C27H35ClN2O4/c1-5-24(27(32)29-21-8-6-7-9-21)30(16-20-10-12-22(33-4)13-11-20)25(31)17-34-23-14-18(2)26(28)19(3)15-23/h10-15,21,24H,5-9,16-17H2,1-4H3,(H,29,32)/t24-/m0/s1. The molecular formula is C27H35ClN2O4. The van der Waals surface area contributed by atoms with Gasteiger partial charge in [-0.3, -0.25) is 9.59 Å². The first-order chi connectivity index (χ1) is 16.3. The summed E-state index contributed by atoms with van der Waals surface area (Å²) < 4.78 is 11.1. The highest BCUT2D eigenvalue weighted by molar-refractivity contribution is 6.32. The van der Waals surface area contributed by atoms with Crippen LogP contribution in [0.5, 0.6) is 11.5 Å². The first kappa shape index (κ1) is 25.9. The monoisotopic (exact) mass is 486 g/mol. The number of amides is 2. The third-order valence-electron chi connectivity index (χ3n) is 6.37. The van der Waals surface area contributed by atoms with E-state index in [0.29, 0.717) is 23.7 Å². The van der Waals surface area contributed by atoms with Crippen LogP contribution >= 0.6 is 11.6 Å². The van der Waals surface area contributed by atoms with Crippen LogP contribution in [0.25, 0.3) is 0 Å². The number of ether oxygens (including phenoxy) is 2. The molecule has 1 N–H and O–H groups in total. The third kappa shape index (κ3) is 6.66. The van der Waals surface area contributed by atoms with Gasteiger partial charge in [-0.1, -0.05) is 43.5 Å². The van der Waals surface area contributed by atoms with Crippen molar-refractivity contribution in [3.63, 3.8) is 0 Å². The van der Waals surface area contributed by atoms with E-state index < -0.39 is 6.04 Å². The zero-order valence-corrected chi connectivity index (χ0v) is 21.3. The average molecular weight is 487 g/mol. The fourth-order valence-corrected chi connectivity index (χ4v) is 4.54. The van der Waals surface area contributed by atoms with Crippen LogP contribution in [0, 0.1) is 13.8 Å². The second-order valence-electron chi connectivity index (χ2n) is 8.94. The van der Waals surface area contributed by atoms with Crippen molar-refractivity contribution in [2.45, 2.75) is 71.5 Å². The molecule has 2 amide bonds. The number of methoxy groups -OCH3 is 1. The summed E-state index contributed by atoms with van der Waals surface area (Å²) in [5.41, 5.74) is 2.70.